The quantitative estimate of drug-likeness (QED) is 0.936. The molecule has 0 aromatic carbocycles. The first-order valence-electron chi connectivity index (χ1n) is 7.43. The number of pyridine rings is 2. The lowest BCUT2D eigenvalue weighted by Crippen LogP contribution is -2.37. The second-order valence-corrected chi connectivity index (χ2v) is 5.52. The van der Waals surface area contributed by atoms with Crippen molar-refractivity contribution in [3.05, 3.63) is 54.0 Å². The Hall–Kier alpha value is -2.64. The molecule has 2 aromatic rings. The van der Waals surface area contributed by atoms with Crippen molar-refractivity contribution in [3.63, 3.8) is 0 Å². The van der Waals surface area contributed by atoms with Crippen LogP contribution in [0.3, 0.4) is 0 Å². The predicted molar refractivity (Wildman–Crippen MR) is 81.6 cm³/mol. The number of nitrogens with zero attached hydrogens (tertiary/aromatic N) is 3. The molecular formula is C16H15F3N4O. The van der Waals surface area contributed by atoms with Crippen LogP contribution in [0.2, 0.25) is 0 Å². The Bertz CT molecular complexity index is 704. The Morgan fingerprint density at radius 3 is 2.67 bits per heavy atom. The lowest BCUT2D eigenvalue weighted by atomic mass is 10.2. The van der Waals surface area contributed by atoms with Crippen LogP contribution in [0.5, 0.6) is 0 Å². The van der Waals surface area contributed by atoms with Crippen molar-refractivity contribution in [3.8, 4) is 0 Å². The van der Waals surface area contributed by atoms with Crippen molar-refractivity contribution >= 4 is 11.7 Å². The minimum Gasteiger partial charge on any atom is -0.354 e. The molecule has 0 aliphatic carbocycles. The molecule has 3 heterocycles. The number of hydrogen-bond donors (Lipinski definition) is 1. The largest absolute Gasteiger partial charge is 0.417 e. The second kappa shape index (κ2) is 6.46. The van der Waals surface area contributed by atoms with Gasteiger partial charge in [0.15, 0.2) is 0 Å². The lowest BCUT2D eigenvalue weighted by Gasteiger charge is -2.18. The van der Waals surface area contributed by atoms with Crippen LogP contribution in [0.1, 0.15) is 22.5 Å². The molecule has 1 atom stereocenters. The number of carbonyl (C=O) groups is 1. The van der Waals surface area contributed by atoms with Gasteiger partial charge in [-0.3, -0.25) is 9.78 Å². The molecule has 2 aromatic heterocycles. The normalized spacial score (nSPS) is 17.8. The lowest BCUT2D eigenvalue weighted by molar-refractivity contribution is -0.137. The number of rotatable bonds is 3. The molecule has 24 heavy (non-hydrogen) atoms. The standard InChI is InChI=1S/C16H15F3N4O/c17-16(18,19)11-4-5-14(21-9-11)23-8-6-12(10-23)22-15(24)13-3-1-2-7-20-13/h1-5,7,9,12H,6,8,10H2,(H,22,24)/t12-/m1/s1. The summed E-state index contributed by atoms with van der Waals surface area (Å²) >= 11 is 0. The average Bonchev–Trinajstić information content (AvgIpc) is 3.03. The highest BCUT2D eigenvalue weighted by Crippen LogP contribution is 2.29. The van der Waals surface area contributed by atoms with Gasteiger partial charge in [0.05, 0.1) is 5.56 Å². The third-order valence-electron chi connectivity index (χ3n) is 3.82. The van der Waals surface area contributed by atoms with Crippen LogP contribution in [0.15, 0.2) is 42.7 Å². The summed E-state index contributed by atoms with van der Waals surface area (Å²) < 4.78 is 37.7. The van der Waals surface area contributed by atoms with E-state index in [0.29, 0.717) is 31.0 Å². The van der Waals surface area contributed by atoms with Gasteiger partial charge in [0.2, 0.25) is 0 Å². The van der Waals surface area contributed by atoms with E-state index < -0.39 is 11.7 Å². The number of hydrogen-bond acceptors (Lipinski definition) is 4. The third-order valence-corrected chi connectivity index (χ3v) is 3.82. The molecule has 126 valence electrons. The molecule has 0 radical (unpaired) electrons. The number of aromatic nitrogens is 2. The van der Waals surface area contributed by atoms with E-state index in [1.807, 2.05) is 4.90 Å². The van der Waals surface area contributed by atoms with Gasteiger partial charge in [-0.15, -0.1) is 0 Å². The highest BCUT2D eigenvalue weighted by Gasteiger charge is 2.31. The van der Waals surface area contributed by atoms with Gasteiger partial charge >= 0.3 is 6.18 Å². The van der Waals surface area contributed by atoms with Gasteiger partial charge in [0, 0.05) is 31.5 Å². The molecule has 0 spiro atoms. The fourth-order valence-electron chi connectivity index (χ4n) is 2.58. The van der Waals surface area contributed by atoms with Crippen LogP contribution in [0.25, 0.3) is 0 Å². The topological polar surface area (TPSA) is 58.1 Å². The molecule has 1 aliphatic heterocycles. The molecule has 1 aliphatic rings. The Labute approximate surface area is 136 Å². The summed E-state index contributed by atoms with van der Waals surface area (Å²) in [7, 11) is 0. The van der Waals surface area contributed by atoms with Crippen molar-refractivity contribution in [1.29, 1.82) is 0 Å². The molecule has 8 heteroatoms. The highest BCUT2D eigenvalue weighted by molar-refractivity contribution is 5.92. The summed E-state index contributed by atoms with van der Waals surface area (Å²) in [4.78, 5) is 21.8. The van der Waals surface area contributed by atoms with Crippen LogP contribution in [-0.2, 0) is 6.18 Å². The molecule has 5 nitrogen and oxygen atoms in total. The molecule has 1 N–H and O–H groups in total. The van der Waals surface area contributed by atoms with E-state index in [2.05, 4.69) is 15.3 Å². The maximum absolute atomic E-state index is 12.6. The summed E-state index contributed by atoms with van der Waals surface area (Å²) in [5.74, 6) is 0.209. The third kappa shape index (κ3) is 3.64. The van der Waals surface area contributed by atoms with Gasteiger partial charge in [-0.2, -0.15) is 13.2 Å². The Balaban J connectivity index is 1.60. The van der Waals surface area contributed by atoms with E-state index in [1.54, 1.807) is 24.4 Å². The molecular weight excluding hydrogens is 321 g/mol. The summed E-state index contributed by atoms with van der Waals surface area (Å²) in [5, 5.41) is 2.88. The van der Waals surface area contributed by atoms with Gasteiger partial charge in [-0.05, 0) is 30.7 Å². The first-order chi connectivity index (χ1) is 11.4. The second-order valence-electron chi connectivity index (χ2n) is 5.52. The van der Waals surface area contributed by atoms with Crippen LogP contribution in [0, 0.1) is 0 Å². The zero-order valence-electron chi connectivity index (χ0n) is 12.6. The van der Waals surface area contributed by atoms with Crippen molar-refractivity contribution < 1.29 is 18.0 Å². The Morgan fingerprint density at radius 1 is 1.21 bits per heavy atom. The maximum atomic E-state index is 12.6. The Morgan fingerprint density at radius 2 is 2.04 bits per heavy atom. The van der Waals surface area contributed by atoms with E-state index in [4.69, 9.17) is 0 Å². The van der Waals surface area contributed by atoms with Crippen LogP contribution in [-0.4, -0.2) is 35.0 Å². The number of carbonyl (C=O) groups excluding carboxylic acids is 1. The first kappa shape index (κ1) is 16.2. The van der Waals surface area contributed by atoms with E-state index in [1.165, 1.54) is 6.07 Å². The van der Waals surface area contributed by atoms with Crippen molar-refractivity contribution in [2.24, 2.45) is 0 Å². The molecule has 1 amide bonds. The smallest absolute Gasteiger partial charge is 0.354 e. The molecule has 0 saturated carbocycles. The number of amides is 1. The Kier molecular flexibility index (Phi) is 4.37. The predicted octanol–water partition coefficient (Wildman–Crippen LogP) is 2.50. The fraction of sp³-hybridized carbons (Fsp3) is 0.312. The number of anilines is 1. The monoisotopic (exact) mass is 336 g/mol. The maximum Gasteiger partial charge on any atom is 0.417 e. The van der Waals surface area contributed by atoms with Gasteiger partial charge in [-0.25, -0.2) is 4.98 Å². The van der Waals surface area contributed by atoms with Crippen LogP contribution in [0.4, 0.5) is 19.0 Å². The van der Waals surface area contributed by atoms with E-state index in [9.17, 15) is 18.0 Å². The number of halogens is 3. The fourth-order valence-corrected chi connectivity index (χ4v) is 2.58. The van der Waals surface area contributed by atoms with Crippen molar-refractivity contribution in [1.82, 2.24) is 15.3 Å². The molecule has 3 rings (SSSR count). The number of alkyl halides is 3. The van der Waals surface area contributed by atoms with Gasteiger partial charge < -0.3 is 10.2 Å². The van der Waals surface area contributed by atoms with Crippen LogP contribution < -0.4 is 10.2 Å². The molecule has 1 saturated heterocycles. The minimum atomic E-state index is -4.39. The van der Waals surface area contributed by atoms with Gasteiger partial charge in [0.1, 0.15) is 11.5 Å². The average molecular weight is 336 g/mol. The summed E-state index contributed by atoms with van der Waals surface area (Å²) in [5.41, 5.74) is -0.436. The first-order valence-corrected chi connectivity index (χ1v) is 7.43. The van der Waals surface area contributed by atoms with E-state index in [0.717, 1.165) is 12.3 Å². The zero-order valence-corrected chi connectivity index (χ0v) is 12.6. The summed E-state index contributed by atoms with van der Waals surface area (Å²) in [6.07, 6.45) is -1.33. The highest BCUT2D eigenvalue weighted by atomic mass is 19.4. The van der Waals surface area contributed by atoms with E-state index >= 15 is 0 Å². The molecule has 0 unspecified atom stereocenters. The van der Waals surface area contributed by atoms with Crippen molar-refractivity contribution in [2.45, 2.75) is 18.6 Å². The SMILES string of the molecule is O=C(N[C@@H]1CCN(c2ccc(C(F)(F)F)cn2)C1)c1ccccn1. The van der Waals surface area contributed by atoms with E-state index in [-0.39, 0.29) is 11.9 Å². The van der Waals surface area contributed by atoms with Crippen LogP contribution >= 0.6 is 0 Å². The summed E-state index contributed by atoms with van der Waals surface area (Å²) in [6, 6.07) is 7.36. The summed E-state index contributed by atoms with van der Waals surface area (Å²) in [6.45, 7) is 1.11. The molecule has 1 fully saturated rings. The zero-order chi connectivity index (χ0) is 17.2. The minimum absolute atomic E-state index is 0.0939. The van der Waals surface area contributed by atoms with Gasteiger partial charge in [-0.1, -0.05) is 6.07 Å². The van der Waals surface area contributed by atoms with Gasteiger partial charge in [0.25, 0.3) is 5.91 Å². The van der Waals surface area contributed by atoms with Crippen molar-refractivity contribution in [2.75, 3.05) is 18.0 Å². The number of nitrogens with one attached hydrogen (secondary N) is 1. The molecule has 0 bridgehead atoms.